The van der Waals surface area contributed by atoms with Crippen LogP contribution in [0.1, 0.15) is 23.7 Å². The fraction of sp³-hybridized carbons (Fsp3) is 0.333. The molecule has 4 nitrogen and oxygen atoms in total. The van der Waals surface area contributed by atoms with Crippen LogP contribution in [0, 0.1) is 11.3 Å². The summed E-state index contributed by atoms with van der Waals surface area (Å²) in [5.74, 6) is -0.368. The van der Waals surface area contributed by atoms with Crippen LogP contribution in [0.25, 0.3) is 0 Å². The van der Waals surface area contributed by atoms with Crippen molar-refractivity contribution < 1.29 is 18.3 Å². The van der Waals surface area contributed by atoms with E-state index in [4.69, 9.17) is 5.26 Å². The SMILES string of the molecule is CC(CC#N)NC(=O)c1ccc(OC(F)F)cc1. The normalized spacial score (nSPS) is 11.7. The van der Waals surface area contributed by atoms with E-state index in [1.54, 1.807) is 6.92 Å². The van der Waals surface area contributed by atoms with Gasteiger partial charge in [-0.05, 0) is 31.2 Å². The van der Waals surface area contributed by atoms with Gasteiger partial charge in [0.15, 0.2) is 0 Å². The van der Waals surface area contributed by atoms with Crippen LogP contribution >= 0.6 is 0 Å². The van der Waals surface area contributed by atoms with Crippen LogP contribution in [0.2, 0.25) is 0 Å². The number of carbonyl (C=O) groups is 1. The van der Waals surface area contributed by atoms with Crippen LogP contribution in [0.3, 0.4) is 0 Å². The van der Waals surface area contributed by atoms with E-state index >= 15 is 0 Å². The molecule has 1 aromatic carbocycles. The molecule has 0 heterocycles. The Labute approximate surface area is 103 Å². The highest BCUT2D eigenvalue weighted by Gasteiger charge is 2.10. The summed E-state index contributed by atoms with van der Waals surface area (Å²) in [5, 5.41) is 11.1. The minimum absolute atomic E-state index is 0.00776. The Morgan fingerprint density at radius 2 is 2.06 bits per heavy atom. The molecule has 0 bridgehead atoms. The molecule has 0 aliphatic rings. The highest BCUT2D eigenvalue weighted by atomic mass is 19.3. The quantitative estimate of drug-likeness (QED) is 0.877. The van der Waals surface area contributed by atoms with Crippen LogP contribution in [0.15, 0.2) is 24.3 Å². The number of nitrogens with one attached hydrogen (secondary N) is 1. The number of halogens is 2. The zero-order valence-corrected chi connectivity index (χ0v) is 9.69. The van der Waals surface area contributed by atoms with Gasteiger partial charge in [-0.15, -0.1) is 0 Å². The second-order valence-electron chi connectivity index (χ2n) is 3.64. The molecule has 0 spiro atoms. The summed E-state index contributed by atoms with van der Waals surface area (Å²) in [4.78, 5) is 11.7. The number of carbonyl (C=O) groups excluding carboxylic acids is 1. The van der Waals surface area contributed by atoms with Gasteiger partial charge in [0, 0.05) is 11.6 Å². The first kappa shape index (κ1) is 13.9. The van der Waals surface area contributed by atoms with E-state index in [2.05, 4.69) is 10.1 Å². The predicted octanol–water partition coefficient (Wildman–Crippen LogP) is 2.32. The molecule has 1 rings (SSSR count). The molecule has 0 radical (unpaired) electrons. The van der Waals surface area contributed by atoms with Crippen molar-refractivity contribution in [2.45, 2.75) is 26.0 Å². The second kappa shape index (κ2) is 6.55. The lowest BCUT2D eigenvalue weighted by molar-refractivity contribution is -0.0498. The lowest BCUT2D eigenvalue weighted by Crippen LogP contribution is -2.32. The third kappa shape index (κ3) is 4.37. The van der Waals surface area contributed by atoms with Gasteiger partial charge in [0.2, 0.25) is 0 Å². The van der Waals surface area contributed by atoms with Crippen LogP contribution in [-0.2, 0) is 0 Å². The molecule has 0 aliphatic heterocycles. The number of benzene rings is 1. The van der Waals surface area contributed by atoms with Gasteiger partial charge in [-0.25, -0.2) is 0 Å². The van der Waals surface area contributed by atoms with E-state index in [1.165, 1.54) is 24.3 Å². The number of alkyl halides is 2. The van der Waals surface area contributed by atoms with E-state index in [1.807, 2.05) is 6.07 Å². The minimum Gasteiger partial charge on any atom is -0.435 e. The van der Waals surface area contributed by atoms with E-state index in [9.17, 15) is 13.6 Å². The van der Waals surface area contributed by atoms with Crippen molar-refractivity contribution in [1.29, 1.82) is 5.26 Å². The summed E-state index contributed by atoms with van der Waals surface area (Å²) >= 11 is 0. The predicted molar refractivity (Wildman–Crippen MR) is 60.2 cm³/mol. The van der Waals surface area contributed by atoms with Gasteiger partial charge in [-0.3, -0.25) is 4.79 Å². The first-order valence-corrected chi connectivity index (χ1v) is 5.25. The van der Waals surface area contributed by atoms with E-state index in [-0.39, 0.29) is 24.1 Å². The average molecular weight is 254 g/mol. The Morgan fingerprint density at radius 1 is 1.44 bits per heavy atom. The Kier molecular flexibility index (Phi) is 5.06. The number of nitriles is 1. The summed E-state index contributed by atoms with van der Waals surface area (Å²) in [5.41, 5.74) is 0.321. The molecule has 0 fully saturated rings. The number of hydrogen-bond donors (Lipinski definition) is 1. The van der Waals surface area contributed by atoms with Crippen molar-refractivity contribution >= 4 is 5.91 Å². The largest absolute Gasteiger partial charge is 0.435 e. The second-order valence-corrected chi connectivity index (χ2v) is 3.64. The monoisotopic (exact) mass is 254 g/mol. The Morgan fingerprint density at radius 3 is 2.56 bits per heavy atom. The van der Waals surface area contributed by atoms with Crippen LogP contribution in [0.4, 0.5) is 8.78 Å². The van der Waals surface area contributed by atoms with E-state index < -0.39 is 6.61 Å². The standard InChI is InChI=1S/C12H12F2N2O2/c1-8(6-7-15)16-11(17)9-2-4-10(5-3-9)18-12(13)14/h2-5,8,12H,6H2,1H3,(H,16,17). The highest BCUT2D eigenvalue weighted by Crippen LogP contribution is 2.14. The van der Waals surface area contributed by atoms with Gasteiger partial charge in [-0.2, -0.15) is 14.0 Å². The maximum Gasteiger partial charge on any atom is 0.387 e. The lowest BCUT2D eigenvalue weighted by atomic mass is 10.2. The highest BCUT2D eigenvalue weighted by molar-refractivity contribution is 5.94. The molecule has 18 heavy (non-hydrogen) atoms. The maximum atomic E-state index is 11.9. The third-order valence-corrected chi connectivity index (χ3v) is 2.12. The van der Waals surface area contributed by atoms with Gasteiger partial charge >= 0.3 is 6.61 Å². The van der Waals surface area contributed by atoms with Crippen molar-refractivity contribution in [3.05, 3.63) is 29.8 Å². The molecule has 1 amide bonds. The molecule has 0 saturated heterocycles. The van der Waals surface area contributed by atoms with Crippen molar-refractivity contribution in [3.63, 3.8) is 0 Å². The number of amides is 1. The molecule has 0 saturated carbocycles. The summed E-state index contributed by atoms with van der Waals surface area (Å²) in [6, 6.07) is 7.01. The zero-order chi connectivity index (χ0) is 13.5. The van der Waals surface area contributed by atoms with Crippen LogP contribution < -0.4 is 10.1 Å². The summed E-state index contributed by atoms with van der Waals surface area (Å²) in [7, 11) is 0. The summed E-state index contributed by atoms with van der Waals surface area (Å²) in [6.07, 6.45) is 0.207. The number of rotatable bonds is 5. The minimum atomic E-state index is -2.89. The van der Waals surface area contributed by atoms with Crippen LogP contribution in [0.5, 0.6) is 5.75 Å². The van der Waals surface area contributed by atoms with Gasteiger partial charge in [0.05, 0.1) is 12.5 Å². The molecule has 96 valence electrons. The van der Waals surface area contributed by atoms with Crippen LogP contribution in [-0.4, -0.2) is 18.6 Å². The Hall–Kier alpha value is -2.16. The van der Waals surface area contributed by atoms with Crippen molar-refractivity contribution in [3.8, 4) is 11.8 Å². The molecule has 1 N–H and O–H groups in total. The van der Waals surface area contributed by atoms with Gasteiger partial charge in [0.1, 0.15) is 5.75 Å². The molecule has 1 atom stereocenters. The Balaban J connectivity index is 2.62. The fourth-order valence-corrected chi connectivity index (χ4v) is 1.28. The molecule has 1 aromatic rings. The third-order valence-electron chi connectivity index (χ3n) is 2.12. The molecular weight excluding hydrogens is 242 g/mol. The molecule has 0 aliphatic carbocycles. The number of hydrogen-bond acceptors (Lipinski definition) is 3. The molecular formula is C12H12F2N2O2. The first-order chi connectivity index (χ1) is 8.52. The first-order valence-electron chi connectivity index (χ1n) is 5.25. The van der Waals surface area contributed by atoms with Gasteiger partial charge in [-0.1, -0.05) is 0 Å². The summed E-state index contributed by atoms with van der Waals surface area (Å²) in [6.45, 7) is -1.18. The zero-order valence-electron chi connectivity index (χ0n) is 9.69. The van der Waals surface area contributed by atoms with E-state index in [0.717, 1.165) is 0 Å². The van der Waals surface area contributed by atoms with E-state index in [0.29, 0.717) is 5.56 Å². The smallest absolute Gasteiger partial charge is 0.387 e. The van der Waals surface area contributed by atoms with Gasteiger partial charge < -0.3 is 10.1 Å². The molecule has 6 heteroatoms. The van der Waals surface area contributed by atoms with Gasteiger partial charge in [0.25, 0.3) is 5.91 Å². The van der Waals surface area contributed by atoms with Crippen molar-refractivity contribution in [1.82, 2.24) is 5.32 Å². The molecule has 1 unspecified atom stereocenters. The Bertz CT molecular complexity index is 440. The lowest BCUT2D eigenvalue weighted by Gasteiger charge is -2.10. The number of ether oxygens (including phenoxy) is 1. The molecule has 0 aromatic heterocycles. The fourth-order valence-electron chi connectivity index (χ4n) is 1.28. The topological polar surface area (TPSA) is 62.1 Å². The van der Waals surface area contributed by atoms with Crippen molar-refractivity contribution in [2.24, 2.45) is 0 Å². The number of nitrogens with zero attached hydrogens (tertiary/aromatic N) is 1. The maximum absolute atomic E-state index is 11.9. The van der Waals surface area contributed by atoms with Crippen molar-refractivity contribution in [2.75, 3.05) is 0 Å². The summed E-state index contributed by atoms with van der Waals surface area (Å²) < 4.78 is 28.0. The average Bonchev–Trinajstić information content (AvgIpc) is 2.29.